The molecule has 0 aliphatic carbocycles. The summed E-state index contributed by atoms with van der Waals surface area (Å²) in [4.78, 5) is 27.1. The van der Waals surface area contributed by atoms with Crippen LogP contribution in [0.3, 0.4) is 0 Å². The standard InChI is InChI=1S/C16H16N2O5/c19-12-7-23-14-11(6-22-15(12)14)18-16(21)9-5-13(20)17-10-4-2-1-3-8(9)10/h1-5,11-12,14-15,19H,6-7H2,(H,17,20)(H,18,21)/t11-,12-,14-,15-/m1/s1. The summed E-state index contributed by atoms with van der Waals surface area (Å²) in [5.41, 5.74) is 0.589. The molecule has 3 N–H and O–H groups in total. The summed E-state index contributed by atoms with van der Waals surface area (Å²) in [6.07, 6.45) is -1.43. The lowest BCUT2D eigenvalue weighted by molar-refractivity contribution is 0.0178. The Morgan fingerprint density at radius 2 is 2.00 bits per heavy atom. The number of aliphatic hydroxyl groups excluding tert-OH is 1. The summed E-state index contributed by atoms with van der Waals surface area (Å²) in [5, 5.41) is 13.3. The smallest absolute Gasteiger partial charge is 0.252 e. The minimum absolute atomic E-state index is 0.204. The largest absolute Gasteiger partial charge is 0.388 e. The van der Waals surface area contributed by atoms with Gasteiger partial charge in [-0.15, -0.1) is 0 Å². The first-order valence-electron chi connectivity index (χ1n) is 7.48. The van der Waals surface area contributed by atoms with Crippen molar-refractivity contribution >= 4 is 16.8 Å². The van der Waals surface area contributed by atoms with Gasteiger partial charge in [-0.25, -0.2) is 0 Å². The number of aromatic amines is 1. The Hall–Kier alpha value is -2.22. The summed E-state index contributed by atoms with van der Waals surface area (Å²) in [5.74, 6) is -0.355. The SMILES string of the molecule is O=C(N[C@@H]1CO[C@H]2[C@@H]1OC[C@H]2O)c1cc(=O)[nH]c2ccccc12. The molecule has 120 valence electrons. The van der Waals surface area contributed by atoms with E-state index in [1.165, 1.54) is 6.07 Å². The van der Waals surface area contributed by atoms with Gasteiger partial charge >= 0.3 is 0 Å². The molecule has 1 aromatic heterocycles. The fourth-order valence-corrected chi connectivity index (χ4v) is 3.24. The maximum atomic E-state index is 12.6. The van der Waals surface area contributed by atoms with Gasteiger partial charge in [0.25, 0.3) is 5.91 Å². The predicted molar refractivity (Wildman–Crippen MR) is 81.3 cm³/mol. The number of hydrogen-bond acceptors (Lipinski definition) is 5. The predicted octanol–water partition coefficient (Wildman–Crippen LogP) is -0.215. The van der Waals surface area contributed by atoms with E-state index >= 15 is 0 Å². The summed E-state index contributed by atoms with van der Waals surface area (Å²) in [6, 6.07) is 8.08. The topological polar surface area (TPSA) is 101 Å². The van der Waals surface area contributed by atoms with Crippen LogP contribution >= 0.6 is 0 Å². The van der Waals surface area contributed by atoms with E-state index in [0.717, 1.165) is 0 Å². The van der Waals surface area contributed by atoms with E-state index in [-0.39, 0.29) is 36.8 Å². The first-order chi connectivity index (χ1) is 11.1. The number of nitrogens with one attached hydrogen (secondary N) is 2. The molecule has 0 bridgehead atoms. The second-order valence-corrected chi connectivity index (χ2v) is 5.84. The number of H-pyrrole nitrogens is 1. The third-order valence-electron chi connectivity index (χ3n) is 4.34. The molecule has 7 nitrogen and oxygen atoms in total. The zero-order valence-electron chi connectivity index (χ0n) is 12.2. The lowest BCUT2D eigenvalue weighted by Crippen LogP contribution is -2.44. The number of carbonyl (C=O) groups is 1. The molecule has 0 radical (unpaired) electrons. The Morgan fingerprint density at radius 3 is 2.87 bits per heavy atom. The summed E-state index contributed by atoms with van der Waals surface area (Å²) >= 11 is 0. The number of benzene rings is 1. The maximum Gasteiger partial charge on any atom is 0.252 e. The Balaban J connectivity index is 1.62. The Bertz CT molecular complexity index is 817. The molecule has 0 spiro atoms. The van der Waals surface area contributed by atoms with Crippen LogP contribution in [0.25, 0.3) is 10.9 Å². The lowest BCUT2D eigenvalue weighted by Gasteiger charge is -2.17. The van der Waals surface area contributed by atoms with Crippen molar-refractivity contribution in [3.8, 4) is 0 Å². The van der Waals surface area contributed by atoms with Crippen molar-refractivity contribution in [1.82, 2.24) is 10.3 Å². The van der Waals surface area contributed by atoms with Gasteiger partial charge in [0, 0.05) is 17.0 Å². The average molecular weight is 316 g/mol. The van der Waals surface area contributed by atoms with Crippen molar-refractivity contribution in [3.63, 3.8) is 0 Å². The molecule has 3 heterocycles. The quantitative estimate of drug-likeness (QED) is 0.711. The number of hydrogen-bond donors (Lipinski definition) is 3. The van der Waals surface area contributed by atoms with Crippen LogP contribution in [0.1, 0.15) is 10.4 Å². The second kappa shape index (κ2) is 5.45. The number of aliphatic hydroxyl groups is 1. The van der Waals surface area contributed by atoms with Crippen LogP contribution in [0, 0.1) is 0 Å². The zero-order chi connectivity index (χ0) is 16.0. The van der Waals surface area contributed by atoms with Crippen molar-refractivity contribution in [2.24, 2.45) is 0 Å². The number of pyridine rings is 1. The van der Waals surface area contributed by atoms with Crippen molar-refractivity contribution in [2.75, 3.05) is 13.2 Å². The van der Waals surface area contributed by atoms with Gasteiger partial charge in [0.05, 0.1) is 24.8 Å². The van der Waals surface area contributed by atoms with Crippen molar-refractivity contribution in [2.45, 2.75) is 24.4 Å². The molecule has 4 rings (SSSR count). The average Bonchev–Trinajstić information content (AvgIpc) is 3.10. The summed E-state index contributed by atoms with van der Waals surface area (Å²) in [7, 11) is 0. The molecule has 2 aliphatic heterocycles. The van der Waals surface area contributed by atoms with Crippen molar-refractivity contribution in [3.05, 3.63) is 46.2 Å². The highest BCUT2D eigenvalue weighted by Gasteiger charge is 2.47. The van der Waals surface area contributed by atoms with Gasteiger partial charge in [0.2, 0.25) is 5.56 Å². The molecule has 1 aromatic carbocycles. The fraction of sp³-hybridized carbons (Fsp3) is 0.375. The second-order valence-electron chi connectivity index (χ2n) is 5.84. The molecule has 0 unspecified atom stereocenters. The van der Waals surface area contributed by atoms with Crippen LogP contribution in [0.15, 0.2) is 35.1 Å². The first-order valence-corrected chi connectivity index (χ1v) is 7.48. The van der Waals surface area contributed by atoms with Gasteiger partial charge in [-0.1, -0.05) is 18.2 Å². The van der Waals surface area contributed by atoms with Crippen molar-refractivity contribution < 1.29 is 19.4 Å². The zero-order valence-corrected chi connectivity index (χ0v) is 12.2. The molecule has 0 saturated carbocycles. The lowest BCUT2D eigenvalue weighted by atomic mass is 10.1. The van der Waals surface area contributed by atoms with E-state index in [2.05, 4.69) is 10.3 Å². The van der Waals surface area contributed by atoms with E-state index < -0.39 is 12.2 Å². The summed E-state index contributed by atoms with van der Waals surface area (Å²) in [6.45, 7) is 0.481. The van der Waals surface area contributed by atoms with E-state index in [9.17, 15) is 14.7 Å². The van der Waals surface area contributed by atoms with Crippen molar-refractivity contribution in [1.29, 1.82) is 0 Å². The van der Waals surface area contributed by atoms with Crippen LogP contribution in [0.4, 0.5) is 0 Å². The fourth-order valence-electron chi connectivity index (χ4n) is 3.24. The monoisotopic (exact) mass is 316 g/mol. The van der Waals surface area contributed by atoms with E-state index in [1.807, 2.05) is 6.07 Å². The number of ether oxygens (including phenoxy) is 2. The molecule has 2 fully saturated rings. The first kappa shape index (κ1) is 14.4. The van der Waals surface area contributed by atoms with Crippen LogP contribution in [0.5, 0.6) is 0 Å². The molecular weight excluding hydrogens is 300 g/mol. The highest BCUT2D eigenvalue weighted by molar-refractivity contribution is 6.06. The number of aromatic nitrogens is 1. The van der Waals surface area contributed by atoms with Crippen LogP contribution < -0.4 is 10.9 Å². The van der Waals surface area contributed by atoms with Gasteiger partial charge in [-0.3, -0.25) is 9.59 Å². The van der Waals surface area contributed by atoms with Gasteiger partial charge < -0.3 is 24.9 Å². The summed E-state index contributed by atoms with van der Waals surface area (Å²) < 4.78 is 11.0. The Kier molecular flexibility index (Phi) is 3.41. The number of amides is 1. The molecule has 2 saturated heterocycles. The van der Waals surface area contributed by atoms with Crippen LogP contribution in [0.2, 0.25) is 0 Å². The van der Waals surface area contributed by atoms with Crippen LogP contribution in [-0.2, 0) is 9.47 Å². The molecule has 7 heteroatoms. The Morgan fingerprint density at radius 1 is 1.22 bits per heavy atom. The molecular formula is C16H16N2O5. The minimum atomic E-state index is -0.665. The number of fused-ring (bicyclic) bond motifs is 2. The normalized spacial score (nSPS) is 29.6. The van der Waals surface area contributed by atoms with Gasteiger partial charge in [-0.05, 0) is 6.07 Å². The highest BCUT2D eigenvalue weighted by atomic mass is 16.6. The third-order valence-corrected chi connectivity index (χ3v) is 4.34. The van der Waals surface area contributed by atoms with E-state index in [1.54, 1.807) is 18.2 Å². The highest BCUT2D eigenvalue weighted by Crippen LogP contribution is 2.27. The number of para-hydroxylation sites is 1. The minimum Gasteiger partial charge on any atom is -0.388 e. The maximum absolute atomic E-state index is 12.6. The van der Waals surface area contributed by atoms with Gasteiger partial charge in [0.15, 0.2) is 0 Å². The number of carbonyl (C=O) groups excluding carboxylic acids is 1. The van der Waals surface area contributed by atoms with Gasteiger partial charge in [-0.2, -0.15) is 0 Å². The van der Waals surface area contributed by atoms with Gasteiger partial charge in [0.1, 0.15) is 18.3 Å². The molecule has 23 heavy (non-hydrogen) atoms. The number of rotatable bonds is 2. The Labute approximate surface area is 131 Å². The molecule has 2 aromatic rings. The molecule has 2 aliphatic rings. The molecule has 4 atom stereocenters. The molecule has 1 amide bonds. The van der Waals surface area contributed by atoms with E-state index in [0.29, 0.717) is 16.5 Å². The van der Waals surface area contributed by atoms with Crippen LogP contribution in [-0.4, -0.2) is 53.6 Å². The third kappa shape index (κ3) is 2.42. The van der Waals surface area contributed by atoms with E-state index in [4.69, 9.17) is 9.47 Å².